The SMILES string of the molecule is COC(=O)c1ccc(C(C)c2cccc[n+]2/N=C(/[O-])c2ccccc2)cc1. The Kier molecular flexibility index (Phi) is 5.61. The molecule has 3 rings (SSSR count). The number of ether oxygens (including phenoxy) is 1. The Labute approximate surface area is 158 Å². The number of hydrogen-bond acceptors (Lipinski definition) is 4. The highest BCUT2D eigenvalue weighted by molar-refractivity contribution is 5.90. The summed E-state index contributed by atoms with van der Waals surface area (Å²) in [5.74, 6) is -0.695. The first-order chi connectivity index (χ1) is 13.1. The van der Waals surface area contributed by atoms with E-state index in [1.165, 1.54) is 7.11 Å². The monoisotopic (exact) mass is 360 g/mol. The minimum atomic E-state index is -0.368. The van der Waals surface area contributed by atoms with Gasteiger partial charge in [-0.2, -0.15) is 0 Å². The maximum atomic E-state index is 12.4. The molecule has 0 spiro atoms. The zero-order valence-electron chi connectivity index (χ0n) is 15.2. The maximum Gasteiger partial charge on any atom is 0.337 e. The fraction of sp³-hybridized carbons (Fsp3) is 0.136. The van der Waals surface area contributed by atoms with E-state index in [0.717, 1.165) is 11.3 Å². The van der Waals surface area contributed by atoms with Crippen LogP contribution in [0.2, 0.25) is 0 Å². The molecule has 0 radical (unpaired) electrons. The number of carbonyl (C=O) groups is 1. The average molecular weight is 360 g/mol. The number of aromatic nitrogens is 1. The fourth-order valence-corrected chi connectivity index (χ4v) is 2.81. The molecule has 0 saturated heterocycles. The maximum absolute atomic E-state index is 12.4. The molecule has 0 aliphatic carbocycles. The third-order valence-electron chi connectivity index (χ3n) is 4.36. The molecule has 1 unspecified atom stereocenters. The third kappa shape index (κ3) is 4.20. The smallest absolute Gasteiger partial charge is 0.337 e. The second-order valence-corrected chi connectivity index (χ2v) is 6.08. The van der Waals surface area contributed by atoms with Gasteiger partial charge in [-0.15, -0.1) is 0 Å². The standard InChI is InChI=1S/C22H20N2O3/c1-16(17-11-13-19(14-12-17)22(26)27-2)20-10-6-7-15-24(20)23-21(25)18-8-4-3-5-9-18/h3-16H,1-2H3. The fourth-order valence-electron chi connectivity index (χ4n) is 2.81. The van der Waals surface area contributed by atoms with Crippen LogP contribution in [0.4, 0.5) is 0 Å². The van der Waals surface area contributed by atoms with E-state index in [0.29, 0.717) is 11.1 Å². The Hall–Kier alpha value is -3.47. The van der Waals surface area contributed by atoms with Gasteiger partial charge < -0.3 is 9.84 Å². The van der Waals surface area contributed by atoms with E-state index in [1.54, 1.807) is 35.1 Å². The van der Waals surface area contributed by atoms with Crippen molar-refractivity contribution in [1.82, 2.24) is 0 Å². The van der Waals surface area contributed by atoms with Gasteiger partial charge in [0.25, 0.3) is 0 Å². The predicted molar refractivity (Wildman–Crippen MR) is 100 cm³/mol. The lowest BCUT2D eigenvalue weighted by Crippen LogP contribution is -2.38. The quantitative estimate of drug-likeness (QED) is 0.304. The number of carbonyl (C=O) groups excluding carboxylic acids is 1. The minimum Gasteiger partial charge on any atom is -0.854 e. The molecular formula is C22H20N2O3. The van der Waals surface area contributed by atoms with Crippen LogP contribution in [0.25, 0.3) is 0 Å². The second-order valence-electron chi connectivity index (χ2n) is 6.08. The van der Waals surface area contributed by atoms with Crippen molar-refractivity contribution in [3.63, 3.8) is 0 Å². The molecule has 0 N–H and O–H groups in total. The predicted octanol–water partition coefficient (Wildman–Crippen LogP) is 2.48. The summed E-state index contributed by atoms with van der Waals surface area (Å²) < 4.78 is 6.34. The lowest BCUT2D eigenvalue weighted by molar-refractivity contribution is -0.689. The Morgan fingerprint density at radius 2 is 1.63 bits per heavy atom. The number of benzene rings is 2. The highest BCUT2D eigenvalue weighted by Gasteiger charge is 2.20. The van der Waals surface area contributed by atoms with E-state index in [1.807, 2.05) is 55.5 Å². The Balaban J connectivity index is 1.92. The minimum absolute atomic E-state index is 0.0229. The lowest BCUT2D eigenvalue weighted by Gasteiger charge is -2.11. The molecular weight excluding hydrogens is 340 g/mol. The lowest BCUT2D eigenvalue weighted by atomic mass is 9.96. The van der Waals surface area contributed by atoms with Crippen molar-refractivity contribution in [3.8, 4) is 0 Å². The first-order valence-electron chi connectivity index (χ1n) is 8.60. The van der Waals surface area contributed by atoms with Crippen molar-refractivity contribution in [2.75, 3.05) is 7.11 Å². The number of methoxy groups -OCH3 is 1. The summed E-state index contributed by atoms with van der Waals surface area (Å²) in [7, 11) is 1.36. The summed E-state index contributed by atoms with van der Waals surface area (Å²) in [5, 5.41) is 16.7. The van der Waals surface area contributed by atoms with Crippen molar-refractivity contribution in [2.24, 2.45) is 5.10 Å². The summed E-state index contributed by atoms with van der Waals surface area (Å²) in [6.45, 7) is 2.03. The van der Waals surface area contributed by atoms with Crippen molar-refractivity contribution in [1.29, 1.82) is 0 Å². The molecule has 5 heteroatoms. The van der Waals surface area contributed by atoms with Gasteiger partial charge in [0.05, 0.1) is 24.5 Å². The molecule has 1 atom stereocenters. The van der Waals surface area contributed by atoms with Gasteiger partial charge in [-0.1, -0.05) is 47.1 Å². The van der Waals surface area contributed by atoms with Gasteiger partial charge in [-0.25, -0.2) is 4.79 Å². The molecule has 1 aromatic heterocycles. The molecule has 3 aromatic rings. The molecule has 5 nitrogen and oxygen atoms in total. The van der Waals surface area contributed by atoms with Crippen LogP contribution in [0.1, 0.15) is 40.0 Å². The van der Waals surface area contributed by atoms with Crippen LogP contribution >= 0.6 is 0 Å². The topological polar surface area (TPSA) is 65.6 Å². The number of hydrogen-bond donors (Lipinski definition) is 0. The molecule has 136 valence electrons. The molecule has 1 heterocycles. The number of esters is 1. The normalized spacial score (nSPS) is 12.4. The van der Waals surface area contributed by atoms with E-state index >= 15 is 0 Å². The molecule has 27 heavy (non-hydrogen) atoms. The molecule has 2 aromatic carbocycles. The Morgan fingerprint density at radius 1 is 0.963 bits per heavy atom. The van der Waals surface area contributed by atoms with Gasteiger partial charge in [-0.05, 0) is 41.4 Å². The van der Waals surface area contributed by atoms with Crippen LogP contribution in [0.5, 0.6) is 0 Å². The van der Waals surface area contributed by atoms with E-state index < -0.39 is 0 Å². The summed E-state index contributed by atoms with van der Waals surface area (Å²) in [6.07, 6.45) is 1.76. The van der Waals surface area contributed by atoms with Gasteiger partial charge >= 0.3 is 5.97 Å². The van der Waals surface area contributed by atoms with Crippen molar-refractivity contribution < 1.29 is 19.3 Å². The van der Waals surface area contributed by atoms with Gasteiger partial charge in [-0.3, -0.25) is 0 Å². The van der Waals surface area contributed by atoms with Gasteiger partial charge in [0, 0.05) is 12.1 Å². The summed E-state index contributed by atoms with van der Waals surface area (Å²) in [5.41, 5.74) is 2.91. The van der Waals surface area contributed by atoms with Crippen molar-refractivity contribution >= 4 is 11.9 Å². The van der Waals surface area contributed by atoms with Crippen LogP contribution in [0, 0.1) is 0 Å². The molecule has 0 aliphatic rings. The molecule has 0 aliphatic heterocycles. The van der Waals surface area contributed by atoms with E-state index in [4.69, 9.17) is 4.74 Å². The Morgan fingerprint density at radius 3 is 2.30 bits per heavy atom. The first kappa shape index (κ1) is 18.3. The van der Waals surface area contributed by atoms with Crippen LogP contribution in [-0.4, -0.2) is 19.0 Å². The van der Waals surface area contributed by atoms with E-state index in [2.05, 4.69) is 5.10 Å². The van der Waals surface area contributed by atoms with Crippen LogP contribution < -0.4 is 9.78 Å². The largest absolute Gasteiger partial charge is 0.854 e. The van der Waals surface area contributed by atoms with Crippen molar-refractivity contribution in [3.05, 3.63) is 101 Å². The van der Waals surface area contributed by atoms with Crippen LogP contribution in [-0.2, 0) is 4.74 Å². The van der Waals surface area contributed by atoms with Crippen LogP contribution in [0.3, 0.4) is 0 Å². The highest BCUT2D eigenvalue weighted by Crippen LogP contribution is 2.22. The number of nitrogens with zero attached hydrogens (tertiary/aromatic N) is 2. The number of pyridine rings is 1. The van der Waals surface area contributed by atoms with E-state index in [9.17, 15) is 9.90 Å². The van der Waals surface area contributed by atoms with E-state index in [-0.39, 0.29) is 17.8 Å². The van der Waals surface area contributed by atoms with Gasteiger partial charge in [0.1, 0.15) is 0 Å². The van der Waals surface area contributed by atoms with Crippen LogP contribution in [0.15, 0.2) is 84.1 Å². The summed E-state index contributed by atoms with van der Waals surface area (Å²) in [6, 6.07) is 21.9. The molecule has 0 fully saturated rings. The molecule has 0 bridgehead atoms. The highest BCUT2D eigenvalue weighted by atomic mass is 16.5. The summed E-state index contributed by atoms with van der Waals surface area (Å²) in [4.78, 5) is 11.6. The zero-order valence-corrected chi connectivity index (χ0v) is 15.2. The third-order valence-corrected chi connectivity index (χ3v) is 4.36. The van der Waals surface area contributed by atoms with Gasteiger partial charge in [0.2, 0.25) is 11.9 Å². The van der Waals surface area contributed by atoms with Gasteiger partial charge in [0.15, 0.2) is 0 Å². The summed E-state index contributed by atoms with van der Waals surface area (Å²) >= 11 is 0. The average Bonchev–Trinajstić information content (AvgIpc) is 2.73. The molecule has 0 amide bonds. The zero-order chi connectivity index (χ0) is 19.2. The molecule has 0 saturated carbocycles. The van der Waals surface area contributed by atoms with Crippen molar-refractivity contribution in [2.45, 2.75) is 12.8 Å². The second kappa shape index (κ2) is 8.27. The first-order valence-corrected chi connectivity index (χ1v) is 8.60. The Bertz CT molecular complexity index is 951. The number of rotatable bonds is 5.